The molecular formula is C11H11NO3. The van der Waals surface area contributed by atoms with Gasteiger partial charge in [0, 0.05) is 5.56 Å². The van der Waals surface area contributed by atoms with E-state index >= 15 is 0 Å². The molecule has 4 nitrogen and oxygen atoms in total. The molecule has 0 amide bonds. The van der Waals surface area contributed by atoms with Crippen molar-refractivity contribution in [1.82, 2.24) is 0 Å². The Morgan fingerprint density at radius 2 is 1.87 bits per heavy atom. The van der Waals surface area contributed by atoms with Crippen LogP contribution in [-0.4, -0.2) is 10.2 Å². The van der Waals surface area contributed by atoms with Crippen molar-refractivity contribution in [3.63, 3.8) is 0 Å². The first-order valence-corrected chi connectivity index (χ1v) is 4.47. The van der Waals surface area contributed by atoms with Crippen molar-refractivity contribution in [1.29, 1.82) is 0 Å². The molecule has 4 heteroatoms. The minimum Gasteiger partial charge on any atom is -0.508 e. The minimum atomic E-state index is 0.104. The molecule has 0 heterocycles. The lowest BCUT2D eigenvalue weighted by atomic mass is 10.0. The van der Waals surface area contributed by atoms with Gasteiger partial charge in [-0.05, 0) is 29.0 Å². The summed E-state index contributed by atoms with van der Waals surface area (Å²) in [6.07, 6.45) is 0. The molecule has 2 aromatic rings. The molecule has 0 atom stereocenters. The fourth-order valence-corrected chi connectivity index (χ4v) is 1.59. The first-order chi connectivity index (χ1) is 7.22. The molecule has 0 aromatic heterocycles. The van der Waals surface area contributed by atoms with Crippen LogP contribution in [0.15, 0.2) is 30.3 Å². The summed E-state index contributed by atoms with van der Waals surface area (Å²) in [5.41, 5.74) is 0.575. The Labute approximate surface area is 86.5 Å². The quantitative estimate of drug-likeness (QED) is 0.651. The van der Waals surface area contributed by atoms with Gasteiger partial charge in [0.2, 0.25) is 0 Å². The van der Waals surface area contributed by atoms with Gasteiger partial charge in [0.25, 0.3) is 0 Å². The van der Waals surface area contributed by atoms with Gasteiger partial charge in [-0.2, -0.15) is 0 Å². The SMILES string of the molecule is NOCc1c(O)ccc2ccc(O)cc12. The number of benzene rings is 2. The van der Waals surface area contributed by atoms with E-state index in [1.807, 2.05) is 0 Å². The van der Waals surface area contributed by atoms with Gasteiger partial charge in [-0.25, -0.2) is 5.90 Å². The Hall–Kier alpha value is -1.78. The zero-order valence-electron chi connectivity index (χ0n) is 7.97. The number of aromatic hydroxyl groups is 2. The topological polar surface area (TPSA) is 75.7 Å². The molecule has 0 saturated carbocycles. The fraction of sp³-hybridized carbons (Fsp3) is 0.0909. The summed E-state index contributed by atoms with van der Waals surface area (Å²) in [6.45, 7) is 0.104. The highest BCUT2D eigenvalue weighted by atomic mass is 16.6. The third-order valence-corrected chi connectivity index (χ3v) is 2.32. The maximum absolute atomic E-state index is 9.61. The van der Waals surface area contributed by atoms with Crippen molar-refractivity contribution in [2.24, 2.45) is 5.90 Å². The number of phenolic OH excluding ortho intramolecular Hbond substituents is 2. The van der Waals surface area contributed by atoms with Crippen LogP contribution in [0.3, 0.4) is 0 Å². The standard InChI is InChI=1S/C11H11NO3/c12-15-6-10-9-5-8(13)3-1-7(9)2-4-11(10)14/h1-5,13-14H,6,12H2. The zero-order valence-corrected chi connectivity index (χ0v) is 7.97. The van der Waals surface area contributed by atoms with Gasteiger partial charge >= 0.3 is 0 Å². The van der Waals surface area contributed by atoms with Gasteiger partial charge in [-0.1, -0.05) is 12.1 Å². The average molecular weight is 205 g/mol. The van der Waals surface area contributed by atoms with E-state index in [4.69, 9.17) is 5.90 Å². The highest BCUT2D eigenvalue weighted by Gasteiger charge is 2.07. The van der Waals surface area contributed by atoms with E-state index in [2.05, 4.69) is 4.84 Å². The van der Waals surface area contributed by atoms with Crippen LogP contribution < -0.4 is 5.90 Å². The Balaban J connectivity index is 2.72. The van der Waals surface area contributed by atoms with Crippen molar-refractivity contribution in [2.75, 3.05) is 0 Å². The van der Waals surface area contributed by atoms with Crippen LogP contribution in [-0.2, 0) is 11.4 Å². The van der Waals surface area contributed by atoms with E-state index in [1.165, 1.54) is 0 Å². The summed E-state index contributed by atoms with van der Waals surface area (Å²) in [5, 5.41) is 20.6. The van der Waals surface area contributed by atoms with Gasteiger partial charge in [0.05, 0.1) is 6.61 Å². The summed E-state index contributed by atoms with van der Waals surface area (Å²) in [6, 6.07) is 8.28. The molecule has 2 rings (SSSR count). The predicted octanol–water partition coefficient (Wildman–Crippen LogP) is 1.64. The summed E-state index contributed by atoms with van der Waals surface area (Å²) >= 11 is 0. The van der Waals surface area contributed by atoms with Crippen LogP contribution in [0.4, 0.5) is 0 Å². The molecule has 78 valence electrons. The monoisotopic (exact) mass is 205 g/mol. The van der Waals surface area contributed by atoms with Crippen LogP contribution in [0, 0.1) is 0 Å². The maximum Gasteiger partial charge on any atom is 0.121 e. The average Bonchev–Trinajstić information content (AvgIpc) is 2.23. The van der Waals surface area contributed by atoms with Crippen molar-refractivity contribution in [3.8, 4) is 11.5 Å². The van der Waals surface area contributed by atoms with Crippen molar-refractivity contribution >= 4 is 10.8 Å². The van der Waals surface area contributed by atoms with Crippen molar-refractivity contribution < 1.29 is 15.1 Å². The van der Waals surface area contributed by atoms with Crippen LogP contribution in [0.2, 0.25) is 0 Å². The number of phenols is 2. The van der Waals surface area contributed by atoms with E-state index in [9.17, 15) is 10.2 Å². The lowest BCUT2D eigenvalue weighted by molar-refractivity contribution is 0.123. The van der Waals surface area contributed by atoms with Gasteiger partial charge in [-0.3, -0.25) is 4.84 Å². The lowest BCUT2D eigenvalue weighted by Crippen LogP contribution is -1.99. The van der Waals surface area contributed by atoms with Gasteiger partial charge in [-0.15, -0.1) is 0 Å². The Morgan fingerprint density at radius 3 is 2.60 bits per heavy atom. The molecule has 0 unspecified atom stereocenters. The summed E-state index contributed by atoms with van der Waals surface area (Å²) in [7, 11) is 0. The summed E-state index contributed by atoms with van der Waals surface area (Å²) < 4.78 is 0. The van der Waals surface area contributed by atoms with Crippen LogP contribution in [0.1, 0.15) is 5.56 Å². The molecule has 15 heavy (non-hydrogen) atoms. The smallest absolute Gasteiger partial charge is 0.121 e. The van der Waals surface area contributed by atoms with E-state index in [0.717, 1.165) is 10.8 Å². The second kappa shape index (κ2) is 3.76. The number of hydrogen-bond donors (Lipinski definition) is 3. The van der Waals surface area contributed by atoms with Gasteiger partial charge < -0.3 is 10.2 Å². The first kappa shape index (κ1) is 9.76. The maximum atomic E-state index is 9.61. The summed E-state index contributed by atoms with van der Waals surface area (Å²) in [5.74, 6) is 5.24. The normalized spacial score (nSPS) is 10.7. The molecule has 0 radical (unpaired) electrons. The van der Waals surface area contributed by atoms with E-state index < -0.39 is 0 Å². The van der Waals surface area contributed by atoms with Crippen LogP contribution >= 0.6 is 0 Å². The second-order valence-electron chi connectivity index (χ2n) is 3.28. The molecule has 0 fully saturated rings. The Kier molecular flexibility index (Phi) is 2.45. The number of nitrogens with two attached hydrogens (primary N) is 1. The molecule has 0 aliphatic heterocycles. The second-order valence-corrected chi connectivity index (χ2v) is 3.28. The zero-order chi connectivity index (χ0) is 10.8. The molecule has 4 N–H and O–H groups in total. The molecule has 0 saturated heterocycles. The fourth-order valence-electron chi connectivity index (χ4n) is 1.59. The van der Waals surface area contributed by atoms with Gasteiger partial charge in [0.1, 0.15) is 11.5 Å². The molecule has 0 aliphatic carbocycles. The minimum absolute atomic E-state index is 0.104. The molecule has 2 aromatic carbocycles. The first-order valence-electron chi connectivity index (χ1n) is 4.47. The van der Waals surface area contributed by atoms with Crippen molar-refractivity contribution in [2.45, 2.75) is 6.61 Å². The van der Waals surface area contributed by atoms with Crippen molar-refractivity contribution in [3.05, 3.63) is 35.9 Å². The van der Waals surface area contributed by atoms with E-state index in [0.29, 0.717) is 5.56 Å². The number of fused-ring (bicyclic) bond motifs is 1. The van der Waals surface area contributed by atoms with Gasteiger partial charge in [0.15, 0.2) is 0 Å². The number of rotatable bonds is 2. The lowest BCUT2D eigenvalue weighted by Gasteiger charge is -2.08. The largest absolute Gasteiger partial charge is 0.508 e. The summed E-state index contributed by atoms with van der Waals surface area (Å²) in [4.78, 5) is 4.52. The number of hydrogen-bond acceptors (Lipinski definition) is 4. The molecule has 0 spiro atoms. The third-order valence-electron chi connectivity index (χ3n) is 2.32. The third kappa shape index (κ3) is 1.72. The van der Waals surface area contributed by atoms with E-state index in [-0.39, 0.29) is 18.1 Å². The van der Waals surface area contributed by atoms with Crippen LogP contribution in [0.25, 0.3) is 10.8 Å². The Morgan fingerprint density at radius 1 is 1.13 bits per heavy atom. The van der Waals surface area contributed by atoms with E-state index in [1.54, 1.807) is 30.3 Å². The highest BCUT2D eigenvalue weighted by Crippen LogP contribution is 2.29. The molecular weight excluding hydrogens is 194 g/mol. The molecule has 0 bridgehead atoms. The molecule has 0 aliphatic rings. The Bertz CT molecular complexity index is 491. The predicted molar refractivity (Wildman–Crippen MR) is 56.3 cm³/mol. The highest BCUT2D eigenvalue weighted by molar-refractivity contribution is 5.88. The van der Waals surface area contributed by atoms with Crippen LogP contribution in [0.5, 0.6) is 11.5 Å².